The minimum atomic E-state index is -1.12. The first-order valence-electron chi connectivity index (χ1n) is 9.50. The Hall–Kier alpha value is -1.50. The van der Waals surface area contributed by atoms with Gasteiger partial charge >= 0.3 is 0 Å². The number of rotatable bonds is 4. The molecule has 3 rings (SSSR count). The van der Waals surface area contributed by atoms with Crippen molar-refractivity contribution in [3.8, 4) is 11.6 Å². The standard InChI is InChI=1S/C22H21Cl4NO4/c1-6-10-7-8-11(30-20-16(25)14(23)15(24)19(26)27-20)9-12(10)13-17(28)21(2,3)31-22(4,5)18(13)29/h7-9,28H,6H2,1-5H3. The number of hydrogen-bond donors (Lipinski definition) is 1. The summed E-state index contributed by atoms with van der Waals surface area (Å²) in [5.74, 6) is -0.179. The molecule has 1 aliphatic heterocycles. The molecule has 9 heteroatoms. The van der Waals surface area contributed by atoms with Crippen molar-refractivity contribution < 1.29 is 19.4 Å². The highest BCUT2D eigenvalue weighted by atomic mass is 35.5. The molecule has 1 aromatic heterocycles. The minimum Gasteiger partial charge on any atom is -0.508 e. The lowest BCUT2D eigenvalue weighted by Gasteiger charge is -2.40. The number of Topliss-reactive ketones (excluding diaryl/α,β-unsaturated/α-hetero) is 1. The quantitative estimate of drug-likeness (QED) is 0.437. The summed E-state index contributed by atoms with van der Waals surface area (Å²) in [5.41, 5.74) is -0.586. The van der Waals surface area contributed by atoms with Gasteiger partial charge in [0.2, 0.25) is 5.88 Å². The third-order valence-corrected chi connectivity index (χ3v) is 6.65. The van der Waals surface area contributed by atoms with Crippen molar-refractivity contribution in [3.63, 3.8) is 0 Å². The molecule has 0 atom stereocenters. The molecule has 0 amide bonds. The van der Waals surface area contributed by atoms with Gasteiger partial charge in [0.05, 0.1) is 15.6 Å². The molecule has 0 spiro atoms. The molecule has 0 fully saturated rings. The van der Waals surface area contributed by atoms with Crippen LogP contribution in [0.3, 0.4) is 0 Å². The zero-order valence-electron chi connectivity index (χ0n) is 17.6. The number of carbonyl (C=O) groups is 1. The maximum atomic E-state index is 13.2. The van der Waals surface area contributed by atoms with E-state index in [1.54, 1.807) is 45.9 Å². The summed E-state index contributed by atoms with van der Waals surface area (Å²) in [6, 6.07) is 5.16. The Labute approximate surface area is 200 Å². The molecule has 0 aliphatic carbocycles. The van der Waals surface area contributed by atoms with Crippen molar-refractivity contribution in [3.05, 3.63) is 55.3 Å². The van der Waals surface area contributed by atoms with E-state index in [2.05, 4.69) is 4.98 Å². The molecule has 31 heavy (non-hydrogen) atoms. The Bertz CT molecular complexity index is 1110. The van der Waals surface area contributed by atoms with Crippen LogP contribution in [0, 0.1) is 0 Å². The first-order chi connectivity index (χ1) is 14.3. The predicted molar refractivity (Wildman–Crippen MR) is 124 cm³/mol. The van der Waals surface area contributed by atoms with Gasteiger partial charge in [0.15, 0.2) is 10.9 Å². The molecule has 1 aromatic carbocycles. The van der Waals surface area contributed by atoms with E-state index in [0.29, 0.717) is 17.7 Å². The van der Waals surface area contributed by atoms with Gasteiger partial charge < -0.3 is 14.6 Å². The predicted octanol–water partition coefficient (Wildman–Crippen LogP) is 7.48. The summed E-state index contributed by atoms with van der Waals surface area (Å²) in [4.78, 5) is 17.2. The molecular formula is C22H21Cl4NO4. The van der Waals surface area contributed by atoms with Crippen LogP contribution < -0.4 is 4.74 Å². The van der Waals surface area contributed by atoms with E-state index >= 15 is 0 Å². The number of aryl methyl sites for hydroxylation is 1. The van der Waals surface area contributed by atoms with E-state index in [1.807, 2.05) is 6.92 Å². The monoisotopic (exact) mass is 503 g/mol. The largest absolute Gasteiger partial charge is 0.508 e. The van der Waals surface area contributed by atoms with Gasteiger partial charge in [-0.25, -0.2) is 0 Å². The zero-order valence-corrected chi connectivity index (χ0v) is 20.6. The molecule has 2 heterocycles. The lowest BCUT2D eigenvalue weighted by Crippen LogP contribution is -2.49. The van der Waals surface area contributed by atoms with Crippen LogP contribution in [0.1, 0.15) is 45.7 Å². The van der Waals surface area contributed by atoms with Crippen LogP contribution in [0.15, 0.2) is 24.0 Å². The Kier molecular flexibility index (Phi) is 6.58. The number of halogens is 4. The number of carbonyl (C=O) groups excluding carboxylic acids is 1. The summed E-state index contributed by atoms with van der Waals surface area (Å²) in [7, 11) is 0. The first-order valence-corrected chi connectivity index (χ1v) is 11.0. The number of aliphatic hydroxyl groups excluding tert-OH is 1. The molecule has 166 valence electrons. The fourth-order valence-electron chi connectivity index (χ4n) is 3.50. The van der Waals surface area contributed by atoms with E-state index < -0.39 is 11.2 Å². The van der Waals surface area contributed by atoms with E-state index in [4.69, 9.17) is 55.9 Å². The van der Waals surface area contributed by atoms with E-state index in [9.17, 15) is 9.90 Å². The van der Waals surface area contributed by atoms with Gasteiger partial charge in [0, 0.05) is 0 Å². The van der Waals surface area contributed by atoms with Crippen molar-refractivity contribution in [1.82, 2.24) is 4.98 Å². The van der Waals surface area contributed by atoms with Gasteiger partial charge in [-0.3, -0.25) is 4.79 Å². The summed E-state index contributed by atoms with van der Waals surface area (Å²) in [5, 5.41) is 10.9. The molecule has 0 bridgehead atoms. The number of pyridine rings is 1. The number of aliphatic hydroxyl groups is 1. The highest BCUT2D eigenvalue weighted by Crippen LogP contribution is 2.44. The lowest BCUT2D eigenvalue weighted by molar-refractivity contribution is -0.158. The lowest BCUT2D eigenvalue weighted by atomic mass is 9.81. The number of ketones is 1. The van der Waals surface area contributed by atoms with Crippen LogP contribution in [0.2, 0.25) is 20.2 Å². The molecule has 0 saturated carbocycles. The van der Waals surface area contributed by atoms with E-state index in [0.717, 1.165) is 5.56 Å². The highest BCUT2D eigenvalue weighted by molar-refractivity contribution is 6.51. The second kappa shape index (κ2) is 8.45. The summed E-state index contributed by atoms with van der Waals surface area (Å²) in [6.45, 7) is 8.73. The normalized spacial score (nSPS) is 17.8. The van der Waals surface area contributed by atoms with Gasteiger partial charge in [-0.05, 0) is 57.4 Å². The van der Waals surface area contributed by atoms with Crippen molar-refractivity contribution in [2.24, 2.45) is 0 Å². The van der Waals surface area contributed by atoms with Crippen LogP contribution in [0.5, 0.6) is 11.6 Å². The van der Waals surface area contributed by atoms with E-state index in [1.165, 1.54) is 0 Å². The topological polar surface area (TPSA) is 68.7 Å². The molecule has 5 nitrogen and oxygen atoms in total. The maximum absolute atomic E-state index is 13.2. The first kappa shape index (κ1) is 24.1. The zero-order chi connectivity index (χ0) is 23.3. The average Bonchev–Trinajstić information content (AvgIpc) is 2.69. The highest BCUT2D eigenvalue weighted by Gasteiger charge is 2.47. The van der Waals surface area contributed by atoms with Crippen molar-refractivity contribution >= 4 is 57.8 Å². The second-order valence-corrected chi connectivity index (χ2v) is 9.59. The van der Waals surface area contributed by atoms with Crippen LogP contribution in [0.4, 0.5) is 0 Å². The van der Waals surface area contributed by atoms with Crippen LogP contribution in [0.25, 0.3) is 5.57 Å². The number of nitrogens with zero attached hydrogens (tertiary/aromatic N) is 1. The Morgan fingerprint density at radius 3 is 2.29 bits per heavy atom. The Morgan fingerprint density at radius 2 is 1.68 bits per heavy atom. The molecule has 2 aromatic rings. The van der Waals surface area contributed by atoms with Gasteiger partial charge in [-0.15, -0.1) is 0 Å². The third-order valence-electron chi connectivity index (χ3n) is 4.99. The maximum Gasteiger partial charge on any atom is 0.241 e. The molecule has 1 aliphatic rings. The van der Waals surface area contributed by atoms with Crippen LogP contribution in [-0.2, 0) is 16.0 Å². The van der Waals surface area contributed by atoms with Crippen molar-refractivity contribution in [2.75, 3.05) is 0 Å². The summed E-state index contributed by atoms with van der Waals surface area (Å²) < 4.78 is 11.6. The van der Waals surface area contributed by atoms with Crippen LogP contribution >= 0.6 is 46.4 Å². The summed E-state index contributed by atoms with van der Waals surface area (Å²) in [6.07, 6.45) is 0.624. The number of hydrogen-bond acceptors (Lipinski definition) is 5. The summed E-state index contributed by atoms with van der Waals surface area (Å²) >= 11 is 24.2. The van der Waals surface area contributed by atoms with Gasteiger partial charge in [-0.1, -0.05) is 59.4 Å². The van der Waals surface area contributed by atoms with Gasteiger partial charge in [0.1, 0.15) is 27.7 Å². The third kappa shape index (κ3) is 4.39. The van der Waals surface area contributed by atoms with Crippen molar-refractivity contribution in [1.29, 1.82) is 0 Å². The molecule has 0 radical (unpaired) electrons. The Balaban J connectivity index is 2.16. The molecule has 1 N–H and O–H groups in total. The van der Waals surface area contributed by atoms with E-state index in [-0.39, 0.29) is 43.2 Å². The number of ether oxygens (including phenoxy) is 2. The van der Waals surface area contributed by atoms with Crippen LogP contribution in [-0.4, -0.2) is 27.1 Å². The van der Waals surface area contributed by atoms with Gasteiger partial charge in [0.25, 0.3) is 0 Å². The molecular weight excluding hydrogens is 484 g/mol. The number of benzene rings is 1. The SMILES string of the molecule is CCc1ccc(Oc2nc(Cl)c(Cl)c(Cl)c2Cl)cc1C1=C(O)C(C)(C)OC(C)(C)C1=O. The smallest absolute Gasteiger partial charge is 0.241 e. The molecule has 0 saturated heterocycles. The number of aromatic nitrogens is 1. The Morgan fingerprint density at radius 1 is 1.03 bits per heavy atom. The van der Waals surface area contributed by atoms with Crippen molar-refractivity contribution in [2.45, 2.75) is 52.2 Å². The molecule has 0 unspecified atom stereocenters. The fourth-order valence-corrected chi connectivity index (χ4v) is 4.25. The minimum absolute atomic E-state index is 0.00339. The fraction of sp³-hybridized carbons (Fsp3) is 0.364. The average molecular weight is 505 g/mol. The second-order valence-electron chi connectivity index (χ2n) is 8.10. The van der Waals surface area contributed by atoms with Gasteiger partial charge in [-0.2, -0.15) is 4.98 Å².